The highest BCUT2D eigenvalue weighted by Gasteiger charge is 2.04. The van der Waals surface area contributed by atoms with Crippen molar-refractivity contribution in [1.29, 1.82) is 0 Å². The SMILES string of the molecule is Cc1ccn(Cc2sccc2C#CCO)c(=O)c1. The van der Waals surface area contributed by atoms with Gasteiger partial charge in [-0.05, 0) is 30.0 Å². The van der Waals surface area contributed by atoms with Crippen molar-refractivity contribution in [1.82, 2.24) is 4.57 Å². The zero-order valence-electron chi connectivity index (χ0n) is 10.0. The summed E-state index contributed by atoms with van der Waals surface area (Å²) in [6.45, 7) is 2.26. The Labute approximate surface area is 109 Å². The molecule has 4 heteroatoms. The van der Waals surface area contributed by atoms with E-state index in [0.29, 0.717) is 6.54 Å². The average molecular weight is 259 g/mol. The predicted octanol–water partition coefficient (Wildman–Crippen LogP) is 1.61. The Hall–Kier alpha value is -1.83. The van der Waals surface area contributed by atoms with Crippen LogP contribution in [0.4, 0.5) is 0 Å². The standard InChI is InChI=1S/C14H13NO2S/c1-11-4-6-15(14(17)9-11)10-13-12(3-2-7-16)5-8-18-13/h4-6,8-9,16H,7,10H2,1H3. The minimum absolute atomic E-state index is 0.00975. The zero-order valence-corrected chi connectivity index (χ0v) is 10.8. The Balaban J connectivity index is 2.29. The largest absolute Gasteiger partial charge is 0.384 e. The molecule has 0 fully saturated rings. The van der Waals surface area contributed by atoms with E-state index in [2.05, 4.69) is 11.8 Å². The highest BCUT2D eigenvalue weighted by Crippen LogP contribution is 2.16. The van der Waals surface area contributed by atoms with Crippen LogP contribution in [-0.4, -0.2) is 16.3 Å². The normalized spacial score (nSPS) is 9.89. The average Bonchev–Trinajstić information content (AvgIpc) is 2.77. The highest BCUT2D eigenvalue weighted by molar-refractivity contribution is 7.10. The lowest BCUT2D eigenvalue weighted by molar-refractivity contribution is 0.350. The van der Waals surface area contributed by atoms with Gasteiger partial charge in [-0.25, -0.2) is 0 Å². The molecule has 0 unspecified atom stereocenters. The fourth-order valence-electron chi connectivity index (χ4n) is 1.60. The van der Waals surface area contributed by atoms with Crippen molar-refractivity contribution < 1.29 is 5.11 Å². The van der Waals surface area contributed by atoms with Crippen molar-refractivity contribution in [2.24, 2.45) is 0 Å². The summed E-state index contributed by atoms with van der Waals surface area (Å²) in [4.78, 5) is 12.8. The third-order valence-corrected chi connectivity index (χ3v) is 3.42. The first-order valence-electron chi connectivity index (χ1n) is 5.54. The summed E-state index contributed by atoms with van der Waals surface area (Å²) in [7, 11) is 0. The molecule has 0 atom stereocenters. The lowest BCUT2D eigenvalue weighted by atomic mass is 10.2. The summed E-state index contributed by atoms with van der Waals surface area (Å²) in [5.74, 6) is 5.51. The number of hydrogen-bond donors (Lipinski definition) is 1. The number of pyridine rings is 1. The van der Waals surface area contributed by atoms with Crippen LogP contribution >= 0.6 is 11.3 Å². The number of rotatable bonds is 2. The highest BCUT2D eigenvalue weighted by atomic mass is 32.1. The van der Waals surface area contributed by atoms with Gasteiger partial charge >= 0.3 is 0 Å². The van der Waals surface area contributed by atoms with Gasteiger partial charge in [0.2, 0.25) is 0 Å². The van der Waals surface area contributed by atoms with E-state index in [-0.39, 0.29) is 12.2 Å². The van der Waals surface area contributed by atoms with Gasteiger partial charge < -0.3 is 9.67 Å². The molecular weight excluding hydrogens is 246 g/mol. The Morgan fingerprint density at radius 2 is 2.28 bits per heavy atom. The predicted molar refractivity (Wildman–Crippen MR) is 72.8 cm³/mol. The zero-order chi connectivity index (χ0) is 13.0. The van der Waals surface area contributed by atoms with Crippen LogP contribution in [0.5, 0.6) is 0 Å². The molecule has 0 aliphatic carbocycles. The van der Waals surface area contributed by atoms with Gasteiger partial charge in [0.05, 0.1) is 6.54 Å². The summed E-state index contributed by atoms with van der Waals surface area (Å²) < 4.78 is 1.66. The summed E-state index contributed by atoms with van der Waals surface area (Å²) in [5, 5.41) is 10.6. The lowest BCUT2D eigenvalue weighted by Crippen LogP contribution is -2.19. The molecule has 0 aliphatic heterocycles. The van der Waals surface area contributed by atoms with Crippen molar-refractivity contribution in [3.05, 3.63) is 56.1 Å². The van der Waals surface area contributed by atoms with Gasteiger partial charge in [0.15, 0.2) is 0 Å². The van der Waals surface area contributed by atoms with Crippen LogP contribution in [0.1, 0.15) is 16.0 Å². The summed E-state index contributed by atoms with van der Waals surface area (Å²) in [5.41, 5.74) is 1.83. The van der Waals surface area contributed by atoms with E-state index in [1.54, 1.807) is 28.2 Å². The molecule has 92 valence electrons. The van der Waals surface area contributed by atoms with Gasteiger partial charge in [0.1, 0.15) is 6.61 Å². The molecule has 2 aromatic heterocycles. The molecule has 0 spiro atoms. The van der Waals surface area contributed by atoms with Gasteiger partial charge in [-0.1, -0.05) is 11.8 Å². The van der Waals surface area contributed by atoms with Gasteiger partial charge in [-0.3, -0.25) is 4.79 Å². The Kier molecular flexibility index (Phi) is 3.98. The van der Waals surface area contributed by atoms with Crippen molar-refractivity contribution in [3.8, 4) is 11.8 Å². The van der Waals surface area contributed by atoms with E-state index in [1.165, 1.54) is 0 Å². The topological polar surface area (TPSA) is 42.2 Å². The maximum atomic E-state index is 11.8. The molecule has 0 aromatic carbocycles. The smallest absolute Gasteiger partial charge is 0.251 e. The molecule has 3 nitrogen and oxygen atoms in total. The van der Waals surface area contributed by atoms with Crippen LogP contribution in [0.2, 0.25) is 0 Å². The van der Waals surface area contributed by atoms with Gasteiger partial charge in [0.25, 0.3) is 5.56 Å². The Morgan fingerprint density at radius 3 is 3.00 bits per heavy atom. The molecule has 18 heavy (non-hydrogen) atoms. The van der Waals surface area contributed by atoms with Crippen LogP contribution in [-0.2, 0) is 6.54 Å². The molecule has 1 N–H and O–H groups in total. The van der Waals surface area contributed by atoms with Crippen LogP contribution in [0.3, 0.4) is 0 Å². The molecule has 0 radical (unpaired) electrons. The third-order valence-electron chi connectivity index (χ3n) is 2.51. The van der Waals surface area contributed by atoms with Crippen LogP contribution in [0, 0.1) is 18.8 Å². The minimum Gasteiger partial charge on any atom is -0.384 e. The van der Waals surface area contributed by atoms with Crippen molar-refractivity contribution in [3.63, 3.8) is 0 Å². The maximum absolute atomic E-state index is 11.8. The number of aliphatic hydroxyl groups is 1. The second-order valence-electron chi connectivity index (χ2n) is 3.89. The number of hydrogen-bond acceptors (Lipinski definition) is 3. The number of aryl methyl sites for hydroxylation is 1. The number of aromatic nitrogens is 1. The number of aliphatic hydroxyl groups excluding tert-OH is 1. The maximum Gasteiger partial charge on any atom is 0.251 e. The van der Waals surface area contributed by atoms with E-state index >= 15 is 0 Å². The molecular formula is C14H13NO2S. The molecule has 0 aliphatic rings. The van der Waals surface area contributed by atoms with Crippen LogP contribution in [0.15, 0.2) is 34.6 Å². The van der Waals surface area contributed by atoms with E-state index < -0.39 is 0 Å². The first-order chi connectivity index (χ1) is 8.70. The number of thiophene rings is 1. The fourth-order valence-corrected chi connectivity index (χ4v) is 2.43. The molecule has 0 amide bonds. The monoisotopic (exact) mass is 259 g/mol. The second kappa shape index (κ2) is 5.67. The first-order valence-corrected chi connectivity index (χ1v) is 6.42. The molecule has 0 saturated heterocycles. The van der Waals surface area contributed by atoms with Crippen molar-refractivity contribution in [2.45, 2.75) is 13.5 Å². The van der Waals surface area contributed by atoms with E-state index in [4.69, 9.17) is 5.11 Å². The second-order valence-corrected chi connectivity index (χ2v) is 4.89. The van der Waals surface area contributed by atoms with E-state index in [9.17, 15) is 4.79 Å². The van der Waals surface area contributed by atoms with Gasteiger partial charge in [-0.2, -0.15) is 0 Å². The number of nitrogens with zero attached hydrogens (tertiary/aromatic N) is 1. The van der Waals surface area contributed by atoms with Gasteiger partial charge in [0, 0.05) is 22.7 Å². The van der Waals surface area contributed by atoms with Crippen molar-refractivity contribution in [2.75, 3.05) is 6.61 Å². The lowest BCUT2D eigenvalue weighted by Gasteiger charge is -2.04. The fraction of sp³-hybridized carbons (Fsp3) is 0.214. The van der Waals surface area contributed by atoms with Crippen LogP contribution < -0.4 is 5.56 Å². The molecule has 2 heterocycles. The van der Waals surface area contributed by atoms with Crippen molar-refractivity contribution >= 4 is 11.3 Å². The molecule has 2 rings (SSSR count). The summed E-state index contributed by atoms with van der Waals surface area (Å²) >= 11 is 1.56. The molecule has 0 bridgehead atoms. The third kappa shape index (κ3) is 2.89. The van der Waals surface area contributed by atoms with E-state index in [1.807, 2.05) is 24.4 Å². The van der Waals surface area contributed by atoms with Gasteiger partial charge in [-0.15, -0.1) is 11.3 Å². The summed E-state index contributed by atoms with van der Waals surface area (Å²) in [6.07, 6.45) is 1.79. The summed E-state index contributed by atoms with van der Waals surface area (Å²) in [6, 6.07) is 5.43. The quantitative estimate of drug-likeness (QED) is 0.833. The molecule has 0 saturated carbocycles. The van der Waals surface area contributed by atoms with Crippen LogP contribution in [0.25, 0.3) is 0 Å². The minimum atomic E-state index is -0.153. The molecule has 2 aromatic rings. The first kappa shape index (κ1) is 12.6. The van der Waals surface area contributed by atoms with E-state index in [0.717, 1.165) is 16.0 Å². The Bertz CT molecular complexity index is 658. The Morgan fingerprint density at radius 1 is 1.44 bits per heavy atom.